The van der Waals surface area contributed by atoms with Crippen LogP contribution in [0.5, 0.6) is 5.75 Å². The highest BCUT2D eigenvalue weighted by Gasteiger charge is 2.13. The zero-order valence-corrected chi connectivity index (χ0v) is 10.1. The van der Waals surface area contributed by atoms with E-state index in [1.54, 1.807) is 18.3 Å². The third-order valence-electron chi connectivity index (χ3n) is 2.40. The highest BCUT2D eigenvalue weighted by atomic mass is 35.5. The average Bonchev–Trinajstić information content (AvgIpc) is 2.84. The number of rotatable bonds is 3. The molecule has 1 aromatic heterocycles. The highest BCUT2D eigenvalue weighted by molar-refractivity contribution is 5.96. The summed E-state index contributed by atoms with van der Waals surface area (Å²) in [5.41, 5.74) is 2.92. The van der Waals surface area contributed by atoms with Gasteiger partial charge in [-0.05, 0) is 6.07 Å². The van der Waals surface area contributed by atoms with E-state index in [0.717, 1.165) is 5.69 Å². The summed E-state index contributed by atoms with van der Waals surface area (Å²) in [5.74, 6) is -0.886. The van der Waals surface area contributed by atoms with Crippen molar-refractivity contribution in [2.75, 3.05) is 0 Å². The molecule has 1 aromatic carbocycles. The van der Waals surface area contributed by atoms with Crippen LogP contribution in [0.1, 0.15) is 21.6 Å². The number of halogens is 1. The maximum absolute atomic E-state index is 11.2. The van der Waals surface area contributed by atoms with Crippen LogP contribution in [0.3, 0.4) is 0 Å². The second kappa shape index (κ2) is 6.04. The highest BCUT2D eigenvalue weighted by Crippen LogP contribution is 2.24. The molecule has 0 bridgehead atoms. The normalized spacial score (nSPS) is 9.61. The number of phenols is 1. The molecule has 0 unspecified atom stereocenters. The number of benzene rings is 1. The Kier molecular flexibility index (Phi) is 4.70. The number of H-pyrrole nitrogens is 1. The van der Waals surface area contributed by atoms with Gasteiger partial charge in [-0.1, -0.05) is 12.1 Å². The van der Waals surface area contributed by atoms with E-state index in [1.807, 2.05) is 0 Å². The number of imidazole rings is 1. The van der Waals surface area contributed by atoms with Crippen molar-refractivity contribution in [3.8, 4) is 5.75 Å². The molecule has 2 rings (SSSR count). The van der Waals surface area contributed by atoms with Gasteiger partial charge in [0.1, 0.15) is 5.75 Å². The predicted octanol–water partition coefficient (Wildman–Crippen LogP) is 1.25. The molecule has 6 nitrogen and oxygen atoms in total. The second-order valence-corrected chi connectivity index (χ2v) is 3.51. The van der Waals surface area contributed by atoms with Gasteiger partial charge in [0.2, 0.25) is 0 Å². The number of hydroxylamine groups is 1. The van der Waals surface area contributed by atoms with E-state index >= 15 is 0 Å². The van der Waals surface area contributed by atoms with Crippen LogP contribution in [-0.2, 0) is 6.42 Å². The van der Waals surface area contributed by atoms with E-state index in [1.165, 1.54) is 17.9 Å². The summed E-state index contributed by atoms with van der Waals surface area (Å²) in [6.45, 7) is 0. The Morgan fingerprint density at radius 2 is 2.22 bits per heavy atom. The molecule has 0 atom stereocenters. The smallest absolute Gasteiger partial charge is 0.278 e. The molecule has 1 amide bonds. The number of hydrogen-bond donors (Lipinski definition) is 4. The van der Waals surface area contributed by atoms with E-state index in [4.69, 9.17) is 5.21 Å². The fourth-order valence-corrected chi connectivity index (χ4v) is 1.56. The zero-order chi connectivity index (χ0) is 12.3. The van der Waals surface area contributed by atoms with Crippen LogP contribution in [-0.4, -0.2) is 26.2 Å². The number of phenolic OH excluding ortho intramolecular Hbond substituents is 1. The first-order valence-electron chi connectivity index (χ1n) is 4.95. The van der Waals surface area contributed by atoms with Crippen molar-refractivity contribution in [2.45, 2.75) is 6.42 Å². The molecule has 7 heteroatoms. The number of nitrogens with zero attached hydrogens (tertiary/aromatic N) is 1. The van der Waals surface area contributed by atoms with Crippen LogP contribution in [0, 0.1) is 0 Å². The van der Waals surface area contributed by atoms with Crippen LogP contribution in [0.15, 0.2) is 30.7 Å². The van der Waals surface area contributed by atoms with Gasteiger partial charge in [-0.2, -0.15) is 0 Å². The van der Waals surface area contributed by atoms with Crippen molar-refractivity contribution >= 4 is 18.3 Å². The van der Waals surface area contributed by atoms with Gasteiger partial charge in [-0.15, -0.1) is 12.4 Å². The molecular weight excluding hydrogens is 258 g/mol. The summed E-state index contributed by atoms with van der Waals surface area (Å²) in [4.78, 5) is 18.0. The van der Waals surface area contributed by atoms with Gasteiger partial charge in [0.25, 0.3) is 5.91 Å². The summed E-state index contributed by atoms with van der Waals surface area (Å²) < 4.78 is 0. The number of amides is 1. The van der Waals surface area contributed by atoms with E-state index in [0.29, 0.717) is 12.0 Å². The largest absolute Gasteiger partial charge is 0.507 e. The van der Waals surface area contributed by atoms with Gasteiger partial charge in [0.15, 0.2) is 0 Å². The third-order valence-corrected chi connectivity index (χ3v) is 2.40. The molecule has 0 spiro atoms. The van der Waals surface area contributed by atoms with Crippen LogP contribution in [0.2, 0.25) is 0 Å². The molecule has 0 aliphatic heterocycles. The van der Waals surface area contributed by atoms with Crippen LogP contribution >= 0.6 is 12.4 Å². The minimum absolute atomic E-state index is 0. The molecule has 0 aliphatic rings. The second-order valence-electron chi connectivity index (χ2n) is 3.51. The SMILES string of the molecule is Cl.O=C(NO)c1cccc(Cc2cnc[nH]2)c1O. The van der Waals surface area contributed by atoms with E-state index < -0.39 is 5.91 Å². The summed E-state index contributed by atoms with van der Waals surface area (Å²) >= 11 is 0. The standard InChI is InChI=1S/C11H11N3O3.ClH/c15-10-7(4-8-5-12-6-13-8)2-1-3-9(10)11(16)14-17;/h1-3,5-6,15,17H,4H2,(H,12,13)(H,14,16);1H. The molecule has 0 radical (unpaired) electrons. The number of aromatic amines is 1. The van der Waals surface area contributed by atoms with Crippen molar-refractivity contribution in [3.05, 3.63) is 47.5 Å². The maximum atomic E-state index is 11.2. The fourth-order valence-electron chi connectivity index (χ4n) is 1.56. The van der Waals surface area contributed by atoms with Gasteiger partial charge < -0.3 is 10.1 Å². The zero-order valence-electron chi connectivity index (χ0n) is 9.25. The lowest BCUT2D eigenvalue weighted by Crippen LogP contribution is -2.18. The van der Waals surface area contributed by atoms with Crippen molar-refractivity contribution in [1.29, 1.82) is 0 Å². The van der Waals surface area contributed by atoms with Crippen LogP contribution < -0.4 is 5.48 Å². The van der Waals surface area contributed by atoms with Crippen molar-refractivity contribution in [3.63, 3.8) is 0 Å². The fraction of sp³-hybridized carbons (Fsp3) is 0.0909. The lowest BCUT2D eigenvalue weighted by Gasteiger charge is -2.07. The Morgan fingerprint density at radius 3 is 2.83 bits per heavy atom. The van der Waals surface area contributed by atoms with Gasteiger partial charge >= 0.3 is 0 Å². The van der Waals surface area contributed by atoms with E-state index in [2.05, 4.69) is 9.97 Å². The number of carbonyl (C=O) groups is 1. The van der Waals surface area contributed by atoms with Crippen molar-refractivity contribution in [2.24, 2.45) is 0 Å². The molecule has 0 saturated heterocycles. The predicted molar refractivity (Wildman–Crippen MR) is 66.0 cm³/mol. The van der Waals surface area contributed by atoms with E-state index in [9.17, 15) is 9.90 Å². The van der Waals surface area contributed by atoms with Gasteiger partial charge in [0.05, 0.1) is 11.9 Å². The minimum atomic E-state index is -0.742. The summed E-state index contributed by atoms with van der Waals surface area (Å²) in [6, 6.07) is 4.76. The Labute approximate surface area is 109 Å². The topological polar surface area (TPSA) is 98.2 Å². The van der Waals surface area contributed by atoms with Gasteiger partial charge in [-0.3, -0.25) is 10.0 Å². The Balaban J connectivity index is 0.00000162. The summed E-state index contributed by atoms with van der Waals surface area (Å²) in [5, 5.41) is 18.4. The monoisotopic (exact) mass is 269 g/mol. The first kappa shape index (κ1) is 14.0. The lowest BCUT2D eigenvalue weighted by atomic mass is 10.0. The molecule has 4 N–H and O–H groups in total. The van der Waals surface area contributed by atoms with Gasteiger partial charge in [0, 0.05) is 23.9 Å². The molecule has 0 saturated carbocycles. The molecule has 96 valence electrons. The molecule has 0 fully saturated rings. The average molecular weight is 270 g/mol. The number of aromatic hydroxyl groups is 1. The first-order valence-corrected chi connectivity index (χ1v) is 4.95. The quantitative estimate of drug-likeness (QED) is 0.498. The Hall–Kier alpha value is -2.05. The molecular formula is C11H12ClN3O3. The van der Waals surface area contributed by atoms with Crippen molar-refractivity contribution in [1.82, 2.24) is 15.4 Å². The molecule has 0 aliphatic carbocycles. The molecule has 2 aromatic rings. The van der Waals surface area contributed by atoms with Crippen LogP contribution in [0.4, 0.5) is 0 Å². The lowest BCUT2D eigenvalue weighted by molar-refractivity contribution is 0.0703. The summed E-state index contributed by atoms with van der Waals surface area (Å²) in [7, 11) is 0. The Morgan fingerprint density at radius 1 is 1.44 bits per heavy atom. The first-order chi connectivity index (χ1) is 8.22. The number of aromatic nitrogens is 2. The molecule has 1 heterocycles. The molecule has 18 heavy (non-hydrogen) atoms. The number of nitrogens with one attached hydrogen (secondary N) is 2. The number of hydrogen-bond acceptors (Lipinski definition) is 4. The van der Waals surface area contributed by atoms with Crippen molar-refractivity contribution < 1.29 is 15.1 Å². The van der Waals surface area contributed by atoms with E-state index in [-0.39, 0.29) is 23.7 Å². The van der Waals surface area contributed by atoms with Crippen LogP contribution in [0.25, 0.3) is 0 Å². The number of carbonyl (C=O) groups excluding carboxylic acids is 1. The van der Waals surface area contributed by atoms with Gasteiger partial charge in [-0.25, -0.2) is 10.5 Å². The third kappa shape index (κ3) is 2.79. The number of para-hydroxylation sites is 1. The maximum Gasteiger partial charge on any atom is 0.278 e. The minimum Gasteiger partial charge on any atom is -0.507 e. The Bertz CT molecular complexity index is 528. The summed E-state index contributed by atoms with van der Waals surface area (Å²) in [6.07, 6.45) is 3.60.